The fourth-order valence-corrected chi connectivity index (χ4v) is 2.92. The standard InChI is InChI=1S/C11H16Cl2N2O2S/c1-7(2)15-6-8-4-11(18(16,17)14-3)10(13)5-9(8)12/h4-5,7,14-15H,6H2,1-3H3. The molecule has 0 bridgehead atoms. The molecule has 1 aromatic carbocycles. The van der Waals surface area contributed by atoms with E-state index in [4.69, 9.17) is 23.2 Å². The first-order valence-corrected chi connectivity index (χ1v) is 7.66. The molecule has 1 rings (SSSR count). The van der Waals surface area contributed by atoms with E-state index in [1.807, 2.05) is 13.8 Å². The van der Waals surface area contributed by atoms with Crippen molar-refractivity contribution in [3.8, 4) is 0 Å². The Hall–Kier alpha value is -0.330. The second-order valence-electron chi connectivity index (χ2n) is 4.12. The number of sulfonamides is 1. The summed E-state index contributed by atoms with van der Waals surface area (Å²) in [6.45, 7) is 4.48. The number of nitrogens with one attached hydrogen (secondary N) is 2. The molecule has 0 amide bonds. The van der Waals surface area contributed by atoms with Crippen molar-refractivity contribution >= 4 is 33.2 Å². The van der Waals surface area contributed by atoms with E-state index in [1.54, 1.807) is 0 Å². The number of rotatable bonds is 5. The summed E-state index contributed by atoms with van der Waals surface area (Å²) in [4.78, 5) is 0.0385. The van der Waals surface area contributed by atoms with E-state index in [0.29, 0.717) is 17.1 Å². The first-order valence-electron chi connectivity index (χ1n) is 5.42. The van der Waals surface area contributed by atoms with Gasteiger partial charge in [-0.2, -0.15) is 0 Å². The van der Waals surface area contributed by atoms with Gasteiger partial charge in [0, 0.05) is 17.6 Å². The van der Waals surface area contributed by atoms with Crippen LogP contribution in [0.25, 0.3) is 0 Å². The molecule has 0 aliphatic heterocycles. The maximum absolute atomic E-state index is 11.8. The molecule has 0 radical (unpaired) electrons. The lowest BCUT2D eigenvalue weighted by Crippen LogP contribution is -2.23. The molecule has 4 nitrogen and oxygen atoms in total. The lowest BCUT2D eigenvalue weighted by molar-refractivity contribution is 0.583. The van der Waals surface area contributed by atoms with Gasteiger partial charge < -0.3 is 5.32 Å². The second-order valence-corrected chi connectivity index (χ2v) is 6.79. The van der Waals surface area contributed by atoms with Crippen LogP contribution in [-0.4, -0.2) is 21.5 Å². The topological polar surface area (TPSA) is 58.2 Å². The van der Waals surface area contributed by atoms with Gasteiger partial charge in [0.25, 0.3) is 0 Å². The largest absolute Gasteiger partial charge is 0.310 e. The highest BCUT2D eigenvalue weighted by molar-refractivity contribution is 7.89. The van der Waals surface area contributed by atoms with Crippen molar-refractivity contribution in [3.63, 3.8) is 0 Å². The highest BCUT2D eigenvalue weighted by atomic mass is 35.5. The Morgan fingerprint density at radius 1 is 1.22 bits per heavy atom. The fraction of sp³-hybridized carbons (Fsp3) is 0.455. The van der Waals surface area contributed by atoms with E-state index in [2.05, 4.69) is 10.0 Å². The summed E-state index contributed by atoms with van der Waals surface area (Å²) in [5.41, 5.74) is 0.698. The first kappa shape index (κ1) is 15.7. The van der Waals surface area contributed by atoms with Crippen LogP contribution in [0.1, 0.15) is 19.4 Å². The second kappa shape index (κ2) is 6.21. The van der Waals surface area contributed by atoms with Gasteiger partial charge in [-0.15, -0.1) is 0 Å². The summed E-state index contributed by atoms with van der Waals surface area (Å²) in [6.07, 6.45) is 0. The lowest BCUT2D eigenvalue weighted by Gasteiger charge is -2.12. The fourth-order valence-electron chi connectivity index (χ4n) is 1.34. The smallest absolute Gasteiger partial charge is 0.241 e. The molecule has 1 aromatic rings. The van der Waals surface area contributed by atoms with Crippen LogP contribution in [-0.2, 0) is 16.6 Å². The van der Waals surface area contributed by atoms with Crippen LogP contribution in [0.2, 0.25) is 10.0 Å². The third-order valence-corrected chi connectivity index (χ3v) is 4.59. The highest BCUT2D eigenvalue weighted by Crippen LogP contribution is 2.28. The molecule has 0 saturated heterocycles. The van der Waals surface area contributed by atoms with Crippen molar-refractivity contribution in [1.29, 1.82) is 0 Å². The normalized spacial score (nSPS) is 12.1. The minimum absolute atomic E-state index is 0.0385. The summed E-state index contributed by atoms with van der Waals surface area (Å²) >= 11 is 11.9. The van der Waals surface area contributed by atoms with Crippen molar-refractivity contribution in [2.24, 2.45) is 0 Å². The van der Waals surface area contributed by atoms with Crippen LogP contribution in [0.5, 0.6) is 0 Å². The lowest BCUT2D eigenvalue weighted by atomic mass is 10.2. The molecule has 0 spiro atoms. The van der Waals surface area contributed by atoms with E-state index < -0.39 is 10.0 Å². The maximum atomic E-state index is 11.8. The van der Waals surface area contributed by atoms with E-state index >= 15 is 0 Å². The predicted molar refractivity (Wildman–Crippen MR) is 74.7 cm³/mol. The van der Waals surface area contributed by atoms with Gasteiger partial charge in [-0.3, -0.25) is 0 Å². The van der Waals surface area contributed by atoms with Crippen LogP contribution in [0, 0.1) is 0 Å². The van der Waals surface area contributed by atoms with Crippen molar-refractivity contribution < 1.29 is 8.42 Å². The number of hydrogen-bond acceptors (Lipinski definition) is 3. The zero-order chi connectivity index (χ0) is 13.9. The van der Waals surface area contributed by atoms with Crippen molar-refractivity contribution in [2.45, 2.75) is 31.3 Å². The summed E-state index contributed by atoms with van der Waals surface area (Å²) < 4.78 is 25.8. The Bertz CT molecular complexity index is 530. The Morgan fingerprint density at radius 3 is 2.33 bits per heavy atom. The van der Waals surface area contributed by atoms with Crippen molar-refractivity contribution in [2.75, 3.05) is 7.05 Å². The van der Waals surface area contributed by atoms with Crippen LogP contribution in [0.4, 0.5) is 0 Å². The summed E-state index contributed by atoms with van der Waals surface area (Å²) in [6, 6.07) is 3.22. The van der Waals surface area contributed by atoms with Gasteiger partial charge in [0.05, 0.1) is 5.02 Å². The number of benzene rings is 1. The van der Waals surface area contributed by atoms with Crippen molar-refractivity contribution in [3.05, 3.63) is 27.7 Å². The Kier molecular flexibility index (Phi) is 5.43. The van der Waals surface area contributed by atoms with Gasteiger partial charge in [-0.25, -0.2) is 13.1 Å². The average Bonchev–Trinajstić information content (AvgIpc) is 2.27. The number of hydrogen-bond donors (Lipinski definition) is 2. The van der Waals surface area contributed by atoms with E-state index in [0.717, 1.165) is 0 Å². The minimum atomic E-state index is -3.58. The molecule has 0 fully saturated rings. The van der Waals surface area contributed by atoms with E-state index in [-0.39, 0.29) is 16.0 Å². The summed E-state index contributed by atoms with van der Waals surface area (Å²) in [5, 5.41) is 3.74. The maximum Gasteiger partial charge on any atom is 0.241 e. The molecular weight excluding hydrogens is 295 g/mol. The van der Waals surface area contributed by atoms with Crippen LogP contribution in [0.3, 0.4) is 0 Å². The van der Waals surface area contributed by atoms with Gasteiger partial charge in [0.2, 0.25) is 10.0 Å². The zero-order valence-electron chi connectivity index (χ0n) is 10.4. The third kappa shape index (κ3) is 3.83. The SMILES string of the molecule is CNS(=O)(=O)c1cc(CNC(C)C)c(Cl)cc1Cl. The number of halogens is 2. The molecule has 0 unspecified atom stereocenters. The molecule has 0 aliphatic carbocycles. The summed E-state index contributed by atoms with van der Waals surface area (Å²) in [5.74, 6) is 0. The quantitative estimate of drug-likeness (QED) is 0.878. The average molecular weight is 311 g/mol. The molecule has 0 heterocycles. The molecule has 0 saturated carbocycles. The van der Waals surface area contributed by atoms with Gasteiger partial charge in [-0.1, -0.05) is 37.0 Å². The molecule has 7 heteroatoms. The van der Waals surface area contributed by atoms with E-state index in [1.165, 1.54) is 19.2 Å². The van der Waals surface area contributed by atoms with Crippen LogP contribution < -0.4 is 10.0 Å². The van der Waals surface area contributed by atoms with Crippen LogP contribution in [0.15, 0.2) is 17.0 Å². The highest BCUT2D eigenvalue weighted by Gasteiger charge is 2.18. The molecule has 18 heavy (non-hydrogen) atoms. The first-order chi connectivity index (χ1) is 8.27. The van der Waals surface area contributed by atoms with Gasteiger partial charge in [0.1, 0.15) is 4.90 Å². The monoisotopic (exact) mass is 310 g/mol. The zero-order valence-corrected chi connectivity index (χ0v) is 12.7. The van der Waals surface area contributed by atoms with Gasteiger partial charge in [-0.05, 0) is 24.7 Å². The molecule has 0 atom stereocenters. The van der Waals surface area contributed by atoms with Crippen LogP contribution >= 0.6 is 23.2 Å². The van der Waals surface area contributed by atoms with Crippen molar-refractivity contribution in [1.82, 2.24) is 10.0 Å². The molecular formula is C11H16Cl2N2O2S. The Labute approximate surface area is 118 Å². The molecule has 0 aromatic heterocycles. The van der Waals surface area contributed by atoms with Gasteiger partial charge >= 0.3 is 0 Å². The Balaban J connectivity index is 3.19. The molecule has 0 aliphatic rings. The molecule has 2 N–H and O–H groups in total. The third-order valence-electron chi connectivity index (χ3n) is 2.36. The molecule has 102 valence electrons. The Morgan fingerprint density at radius 2 is 1.83 bits per heavy atom. The van der Waals surface area contributed by atoms with E-state index in [9.17, 15) is 8.42 Å². The minimum Gasteiger partial charge on any atom is -0.310 e. The summed E-state index contributed by atoms with van der Waals surface area (Å²) in [7, 11) is -2.24. The predicted octanol–water partition coefficient (Wildman–Crippen LogP) is 2.40. The van der Waals surface area contributed by atoms with Gasteiger partial charge in [0.15, 0.2) is 0 Å².